The minimum atomic E-state index is -0.564. The van der Waals surface area contributed by atoms with Crippen molar-refractivity contribution in [2.75, 3.05) is 0 Å². The van der Waals surface area contributed by atoms with Crippen molar-refractivity contribution in [3.05, 3.63) is 47.5 Å². The molecule has 3 atom stereocenters. The van der Waals surface area contributed by atoms with Crippen LogP contribution in [0.4, 0.5) is 0 Å². The van der Waals surface area contributed by atoms with Gasteiger partial charge in [-0.2, -0.15) is 0 Å². The summed E-state index contributed by atoms with van der Waals surface area (Å²) < 4.78 is 0. The maximum Gasteiger partial charge on any atom is 0.336 e. The van der Waals surface area contributed by atoms with Gasteiger partial charge in [0.15, 0.2) is 0 Å². The summed E-state index contributed by atoms with van der Waals surface area (Å²) in [7, 11) is 0. The smallest absolute Gasteiger partial charge is 0.329 e. The molecular weight excluding hydrogens is 282 g/mol. The second-order valence-corrected chi connectivity index (χ2v) is 6.09. The molecule has 5 nitrogen and oxygen atoms in total. The summed E-state index contributed by atoms with van der Waals surface area (Å²) in [6.45, 7) is 0. The van der Waals surface area contributed by atoms with Crippen LogP contribution < -0.4 is 0 Å². The Labute approximate surface area is 127 Å². The quantitative estimate of drug-likeness (QED) is 0.621. The Bertz CT molecular complexity index is 673. The van der Waals surface area contributed by atoms with Crippen molar-refractivity contribution in [3.63, 3.8) is 0 Å². The fraction of sp³-hybridized carbons (Fsp3) is 0.353. The van der Waals surface area contributed by atoms with Crippen LogP contribution in [0.3, 0.4) is 0 Å². The standard InChI is InChI=1S/C17H15NO4/c19-15-12-3-1-2-4-13(12)16(20)18(15)22-17(21)14-9-10-5-7-11(14)8-6-10/h1-5,7,10-11,14H,6,8-9H2/t10-,11+,14-/m1/s1. The van der Waals surface area contributed by atoms with Crippen LogP contribution in [0.25, 0.3) is 0 Å². The zero-order valence-corrected chi connectivity index (χ0v) is 11.9. The molecule has 22 heavy (non-hydrogen) atoms. The number of carbonyl (C=O) groups excluding carboxylic acids is 3. The van der Waals surface area contributed by atoms with Crippen molar-refractivity contribution in [2.45, 2.75) is 19.3 Å². The lowest BCUT2D eigenvalue weighted by Crippen LogP contribution is -2.40. The van der Waals surface area contributed by atoms with Gasteiger partial charge in [-0.25, -0.2) is 4.79 Å². The molecule has 0 unspecified atom stereocenters. The highest BCUT2D eigenvalue weighted by Gasteiger charge is 2.43. The molecule has 2 bridgehead atoms. The van der Waals surface area contributed by atoms with Crippen LogP contribution in [-0.2, 0) is 9.63 Å². The number of carbonyl (C=O) groups is 3. The van der Waals surface area contributed by atoms with E-state index < -0.39 is 17.8 Å². The topological polar surface area (TPSA) is 63.7 Å². The van der Waals surface area contributed by atoms with Crippen molar-refractivity contribution in [1.29, 1.82) is 0 Å². The molecule has 1 aromatic carbocycles. The molecule has 2 amide bonds. The van der Waals surface area contributed by atoms with E-state index in [1.165, 1.54) is 0 Å². The summed E-state index contributed by atoms with van der Waals surface area (Å²) in [6, 6.07) is 6.49. The van der Waals surface area contributed by atoms with Gasteiger partial charge in [0.2, 0.25) is 0 Å². The minimum absolute atomic E-state index is 0.160. The van der Waals surface area contributed by atoms with E-state index in [1.807, 2.05) is 0 Å². The molecule has 0 saturated heterocycles. The van der Waals surface area contributed by atoms with Crippen LogP contribution in [0.15, 0.2) is 36.4 Å². The Morgan fingerprint density at radius 2 is 1.73 bits per heavy atom. The molecule has 1 aliphatic heterocycles. The van der Waals surface area contributed by atoms with E-state index in [4.69, 9.17) is 4.84 Å². The molecule has 5 rings (SSSR count). The zero-order chi connectivity index (χ0) is 15.3. The lowest BCUT2D eigenvalue weighted by molar-refractivity contribution is -0.177. The Morgan fingerprint density at radius 3 is 2.23 bits per heavy atom. The first-order chi connectivity index (χ1) is 10.6. The van der Waals surface area contributed by atoms with Crippen molar-refractivity contribution >= 4 is 17.8 Å². The van der Waals surface area contributed by atoms with Crippen molar-refractivity contribution < 1.29 is 19.2 Å². The van der Waals surface area contributed by atoms with Crippen molar-refractivity contribution in [3.8, 4) is 0 Å². The molecule has 0 spiro atoms. The second-order valence-electron chi connectivity index (χ2n) is 6.09. The maximum atomic E-state index is 12.4. The Kier molecular flexibility index (Phi) is 2.89. The molecule has 1 heterocycles. The third-order valence-corrected chi connectivity index (χ3v) is 4.82. The third kappa shape index (κ3) is 1.89. The first-order valence-corrected chi connectivity index (χ1v) is 7.53. The normalized spacial score (nSPS) is 28.9. The fourth-order valence-electron chi connectivity index (χ4n) is 3.61. The summed E-state index contributed by atoms with van der Waals surface area (Å²) in [5.41, 5.74) is 0.565. The van der Waals surface area contributed by atoms with Crippen LogP contribution in [0.5, 0.6) is 0 Å². The summed E-state index contributed by atoms with van der Waals surface area (Å²) in [5, 5.41) is 0.610. The first-order valence-electron chi connectivity index (χ1n) is 7.53. The molecule has 4 aliphatic rings. The average molecular weight is 297 g/mol. The number of allylic oxidation sites excluding steroid dienone is 2. The molecule has 3 aliphatic carbocycles. The summed E-state index contributed by atoms with van der Waals surface area (Å²) in [4.78, 5) is 42.0. The van der Waals surface area contributed by atoms with Gasteiger partial charge < -0.3 is 4.84 Å². The second kappa shape index (κ2) is 4.80. The maximum absolute atomic E-state index is 12.4. The van der Waals surface area contributed by atoms with Crippen LogP contribution >= 0.6 is 0 Å². The van der Waals surface area contributed by atoms with Gasteiger partial charge in [0.05, 0.1) is 17.0 Å². The van der Waals surface area contributed by atoms with E-state index in [0.717, 1.165) is 19.3 Å². The van der Waals surface area contributed by atoms with E-state index in [0.29, 0.717) is 11.0 Å². The number of amides is 2. The Morgan fingerprint density at radius 1 is 1.05 bits per heavy atom. The lowest BCUT2D eigenvalue weighted by Gasteiger charge is -2.36. The number of hydrogen-bond donors (Lipinski definition) is 0. The average Bonchev–Trinajstić information content (AvgIpc) is 2.81. The van der Waals surface area contributed by atoms with Crippen LogP contribution in [0.2, 0.25) is 0 Å². The van der Waals surface area contributed by atoms with E-state index in [-0.39, 0.29) is 23.0 Å². The molecule has 1 saturated carbocycles. The van der Waals surface area contributed by atoms with Crippen molar-refractivity contribution in [2.24, 2.45) is 17.8 Å². The Hall–Kier alpha value is -2.43. The van der Waals surface area contributed by atoms with Crippen LogP contribution in [0.1, 0.15) is 40.0 Å². The predicted octanol–water partition coefficient (Wildman–Crippen LogP) is 2.34. The number of fused-ring (bicyclic) bond motifs is 3. The summed E-state index contributed by atoms with van der Waals surface area (Å²) >= 11 is 0. The number of hydrogen-bond acceptors (Lipinski definition) is 4. The van der Waals surface area contributed by atoms with Crippen molar-refractivity contribution in [1.82, 2.24) is 5.06 Å². The monoisotopic (exact) mass is 297 g/mol. The van der Waals surface area contributed by atoms with Gasteiger partial charge in [-0.1, -0.05) is 29.3 Å². The number of rotatable bonds is 2. The fourth-order valence-corrected chi connectivity index (χ4v) is 3.61. The number of nitrogens with zero attached hydrogens (tertiary/aromatic N) is 1. The zero-order valence-electron chi connectivity index (χ0n) is 11.9. The molecular formula is C17H15NO4. The highest BCUT2D eigenvalue weighted by Crippen LogP contribution is 2.41. The summed E-state index contributed by atoms with van der Waals surface area (Å²) in [6.07, 6.45) is 7.01. The molecule has 5 heteroatoms. The molecule has 0 radical (unpaired) electrons. The highest BCUT2D eigenvalue weighted by atomic mass is 16.7. The van der Waals surface area contributed by atoms with Gasteiger partial charge in [0.1, 0.15) is 0 Å². The van der Waals surface area contributed by atoms with Gasteiger partial charge >= 0.3 is 5.97 Å². The van der Waals surface area contributed by atoms with E-state index in [1.54, 1.807) is 24.3 Å². The molecule has 0 aromatic heterocycles. The molecule has 112 valence electrons. The first kappa shape index (κ1) is 13.2. The number of imide groups is 1. The third-order valence-electron chi connectivity index (χ3n) is 4.82. The van der Waals surface area contributed by atoms with Gasteiger partial charge in [0.25, 0.3) is 11.8 Å². The predicted molar refractivity (Wildman–Crippen MR) is 76.5 cm³/mol. The molecule has 1 fully saturated rings. The van der Waals surface area contributed by atoms with Crippen LogP contribution in [-0.4, -0.2) is 22.8 Å². The Balaban J connectivity index is 1.53. The van der Waals surface area contributed by atoms with Crippen LogP contribution in [0, 0.1) is 17.8 Å². The van der Waals surface area contributed by atoms with Gasteiger partial charge in [-0.05, 0) is 43.2 Å². The molecule has 0 N–H and O–H groups in total. The van der Waals surface area contributed by atoms with Gasteiger partial charge in [-0.15, -0.1) is 0 Å². The molecule has 1 aromatic rings. The largest absolute Gasteiger partial charge is 0.336 e. The number of benzene rings is 1. The van der Waals surface area contributed by atoms with Gasteiger partial charge in [-0.3, -0.25) is 9.59 Å². The van der Waals surface area contributed by atoms with E-state index in [9.17, 15) is 14.4 Å². The minimum Gasteiger partial charge on any atom is -0.329 e. The SMILES string of the molecule is O=C(ON1C(=O)c2ccccc2C1=O)[C@@H]1C[C@@H]2C=C[C@H]1CC2. The lowest BCUT2D eigenvalue weighted by atomic mass is 9.69. The number of hydroxylamine groups is 2. The van der Waals surface area contributed by atoms with E-state index in [2.05, 4.69) is 12.2 Å². The summed E-state index contributed by atoms with van der Waals surface area (Å²) in [5.74, 6) is -1.30. The van der Waals surface area contributed by atoms with Gasteiger partial charge in [0, 0.05) is 0 Å². The highest BCUT2D eigenvalue weighted by molar-refractivity contribution is 6.20. The van der Waals surface area contributed by atoms with E-state index >= 15 is 0 Å².